The number of benzene rings is 2. The van der Waals surface area contributed by atoms with Crippen LogP contribution in [0.25, 0.3) is 0 Å². The van der Waals surface area contributed by atoms with E-state index < -0.39 is 0 Å². The molecule has 0 aromatic heterocycles. The van der Waals surface area contributed by atoms with Gasteiger partial charge in [-0.2, -0.15) is 0 Å². The van der Waals surface area contributed by atoms with Crippen molar-refractivity contribution in [1.82, 2.24) is 0 Å². The Bertz CT molecular complexity index is 589. The quantitative estimate of drug-likeness (QED) is 0.769. The van der Waals surface area contributed by atoms with E-state index in [0.29, 0.717) is 10.0 Å². The summed E-state index contributed by atoms with van der Waals surface area (Å²) in [4.78, 5) is 1.00. The highest BCUT2D eigenvalue weighted by molar-refractivity contribution is 8.00. The van der Waals surface area contributed by atoms with Crippen molar-refractivity contribution < 1.29 is 4.39 Å². The fourth-order valence-electron chi connectivity index (χ4n) is 1.79. The van der Waals surface area contributed by atoms with Crippen molar-refractivity contribution in [2.24, 2.45) is 5.73 Å². The molecule has 2 unspecified atom stereocenters. The minimum absolute atomic E-state index is 0.123. The third kappa shape index (κ3) is 3.89. The van der Waals surface area contributed by atoms with Crippen LogP contribution in [0.3, 0.4) is 0 Å². The zero-order chi connectivity index (χ0) is 14.7. The minimum Gasteiger partial charge on any atom is -0.323 e. The van der Waals surface area contributed by atoms with Crippen molar-refractivity contribution in [2.75, 3.05) is 0 Å². The van der Waals surface area contributed by atoms with Gasteiger partial charge in [0.1, 0.15) is 5.82 Å². The molecule has 0 saturated carbocycles. The number of thioether (sulfide) groups is 1. The lowest BCUT2D eigenvalue weighted by Gasteiger charge is -2.20. The fourth-order valence-corrected chi connectivity index (χ4v) is 3.22. The summed E-state index contributed by atoms with van der Waals surface area (Å²) in [6, 6.07) is 11.6. The Morgan fingerprint density at radius 3 is 2.30 bits per heavy atom. The second kappa shape index (κ2) is 6.81. The maximum Gasteiger partial charge on any atom is 0.123 e. The van der Waals surface area contributed by atoms with E-state index in [9.17, 15) is 4.39 Å². The molecular weight excluding hydrogens is 316 g/mol. The van der Waals surface area contributed by atoms with Gasteiger partial charge in [-0.3, -0.25) is 0 Å². The highest BCUT2D eigenvalue weighted by Crippen LogP contribution is 2.34. The summed E-state index contributed by atoms with van der Waals surface area (Å²) >= 11 is 13.5. The Morgan fingerprint density at radius 1 is 1.05 bits per heavy atom. The molecule has 2 aromatic carbocycles. The minimum atomic E-state index is -0.259. The van der Waals surface area contributed by atoms with E-state index in [2.05, 4.69) is 0 Å². The van der Waals surface area contributed by atoms with Crippen LogP contribution in [-0.4, -0.2) is 5.25 Å². The van der Waals surface area contributed by atoms with Crippen LogP contribution in [0.15, 0.2) is 47.4 Å². The zero-order valence-electron chi connectivity index (χ0n) is 10.8. The highest BCUT2D eigenvalue weighted by atomic mass is 35.5. The average Bonchev–Trinajstić information content (AvgIpc) is 2.43. The normalized spacial score (nSPS) is 14.1. The Labute approximate surface area is 132 Å². The van der Waals surface area contributed by atoms with E-state index >= 15 is 0 Å². The predicted octanol–water partition coefficient (Wildman–Crippen LogP) is 5.31. The van der Waals surface area contributed by atoms with Gasteiger partial charge in [-0.15, -0.1) is 11.8 Å². The summed E-state index contributed by atoms with van der Waals surface area (Å²) in [6.45, 7) is 2.03. The fraction of sp³-hybridized carbons (Fsp3) is 0.200. The van der Waals surface area contributed by atoms with E-state index in [4.69, 9.17) is 28.9 Å². The van der Waals surface area contributed by atoms with Crippen LogP contribution in [-0.2, 0) is 0 Å². The van der Waals surface area contributed by atoms with E-state index in [0.717, 1.165) is 10.5 Å². The smallest absolute Gasteiger partial charge is 0.123 e. The van der Waals surface area contributed by atoms with Crippen molar-refractivity contribution in [3.63, 3.8) is 0 Å². The van der Waals surface area contributed by atoms with Crippen LogP contribution in [0.4, 0.5) is 4.39 Å². The molecule has 0 amide bonds. The highest BCUT2D eigenvalue weighted by Gasteiger charge is 2.16. The van der Waals surface area contributed by atoms with Gasteiger partial charge in [0.2, 0.25) is 0 Å². The molecule has 0 radical (unpaired) electrons. The predicted molar refractivity (Wildman–Crippen MR) is 85.1 cm³/mol. The summed E-state index contributed by atoms with van der Waals surface area (Å²) < 4.78 is 12.9. The molecule has 0 fully saturated rings. The second-order valence-corrected chi connectivity index (χ2v) is 6.74. The van der Waals surface area contributed by atoms with Crippen molar-refractivity contribution in [3.8, 4) is 0 Å². The van der Waals surface area contributed by atoms with Crippen LogP contribution in [0.5, 0.6) is 0 Å². The number of rotatable bonds is 4. The lowest BCUT2D eigenvalue weighted by atomic mass is 10.1. The first-order chi connectivity index (χ1) is 9.47. The number of nitrogens with two attached hydrogens (primary N) is 1. The zero-order valence-corrected chi connectivity index (χ0v) is 13.1. The Kier molecular flexibility index (Phi) is 5.33. The van der Waals surface area contributed by atoms with E-state index in [1.807, 2.05) is 19.1 Å². The average molecular weight is 330 g/mol. The van der Waals surface area contributed by atoms with Gasteiger partial charge in [0.15, 0.2) is 0 Å². The topological polar surface area (TPSA) is 26.0 Å². The monoisotopic (exact) mass is 329 g/mol. The van der Waals surface area contributed by atoms with Gasteiger partial charge in [-0.25, -0.2) is 4.39 Å². The van der Waals surface area contributed by atoms with Gasteiger partial charge in [-0.05, 0) is 35.9 Å². The number of hydrogen-bond acceptors (Lipinski definition) is 2. The van der Waals surface area contributed by atoms with Crippen LogP contribution < -0.4 is 5.73 Å². The van der Waals surface area contributed by atoms with Gasteiger partial charge < -0.3 is 5.73 Å². The van der Waals surface area contributed by atoms with E-state index in [1.165, 1.54) is 12.1 Å². The van der Waals surface area contributed by atoms with E-state index in [-0.39, 0.29) is 17.1 Å². The third-order valence-corrected chi connectivity index (χ3v) is 4.90. The second-order valence-electron chi connectivity index (χ2n) is 4.48. The molecule has 2 N–H and O–H groups in total. The molecule has 5 heteroatoms. The molecule has 2 aromatic rings. The Hall–Kier alpha value is -0.740. The SMILES string of the molecule is CC(Sc1ccc(Cl)c(Cl)c1)C(N)c1ccc(F)cc1. The van der Waals surface area contributed by atoms with E-state index in [1.54, 1.807) is 30.0 Å². The molecule has 2 atom stereocenters. The first-order valence-corrected chi connectivity index (χ1v) is 7.73. The molecule has 0 heterocycles. The molecule has 0 saturated heterocycles. The van der Waals surface area contributed by atoms with Gasteiger partial charge >= 0.3 is 0 Å². The Morgan fingerprint density at radius 2 is 1.70 bits per heavy atom. The summed E-state index contributed by atoms with van der Waals surface area (Å²) in [7, 11) is 0. The summed E-state index contributed by atoms with van der Waals surface area (Å²) in [5.74, 6) is -0.259. The van der Waals surface area contributed by atoms with Crippen LogP contribution in [0, 0.1) is 5.82 Å². The molecule has 0 aliphatic rings. The van der Waals surface area contributed by atoms with Gasteiger partial charge in [0.25, 0.3) is 0 Å². The molecule has 0 bridgehead atoms. The van der Waals surface area contributed by atoms with Crippen molar-refractivity contribution in [1.29, 1.82) is 0 Å². The maximum absolute atomic E-state index is 12.9. The third-order valence-electron chi connectivity index (χ3n) is 2.97. The molecule has 1 nitrogen and oxygen atoms in total. The maximum atomic E-state index is 12.9. The molecule has 2 rings (SSSR count). The van der Waals surface area contributed by atoms with Crippen molar-refractivity contribution in [3.05, 3.63) is 63.9 Å². The lowest BCUT2D eigenvalue weighted by Crippen LogP contribution is -2.21. The molecule has 20 heavy (non-hydrogen) atoms. The molecule has 0 aliphatic heterocycles. The summed E-state index contributed by atoms with van der Waals surface area (Å²) in [5.41, 5.74) is 7.11. The Balaban J connectivity index is 2.08. The van der Waals surface area contributed by atoms with Gasteiger partial charge in [-0.1, -0.05) is 42.3 Å². The molecular formula is C15H14Cl2FNS. The van der Waals surface area contributed by atoms with Gasteiger partial charge in [0.05, 0.1) is 10.0 Å². The molecule has 106 valence electrons. The number of hydrogen-bond donors (Lipinski definition) is 1. The largest absolute Gasteiger partial charge is 0.323 e. The first kappa shape index (κ1) is 15.6. The summed E-state index contributed by atoms with van der Waals surface area (Å²) in [5, 5.41) is 1.18. The standard InChI is InChI=1S/C15H14Cl2FNS/c1-9(15(19)10-2-4-11(18)5-3-10)20-12-6-7-13(16)14(17)8-12/h2-9,15H,19H2,1H3. The van der Waals surface area contributed by atoms with Crippen LogP contribution >= 0.6 is 35.0 Å². The van der Waals surface area contributed by atoms with Crippen LogP contribution in [0.1, 0.15) is 18.5 Å². The lowest BCUT2D eigenvalue weighted by molar-refractivity contribution is 0.624. The molecule has 0 aliphatic carbocycles. The van der Waals surface area contributed by atoms with Crippen LogP contribution in [0.2, 0.25) is 10.0 Å². The number of halogens is 3. The molecule has 0 spiro atoms. The van der Waals surface area contributed by atoms with Gasteiger partial charge in [0, 0.05) is 16.2 Å². The van der Waals surface area contributed by atoms with Crippen molar-refractivity contribution >= 4 is 35.0 Å². The summed E-state index contributed by atoms with van der Waals surface area (Å²) in [6.07, 6.45) is 0. The first-order valence-electron chi connectivity index (χ1n) is 6.10. The van der Waals surface area contributed by atoms with Crippen molar-refractivity contribution in [2.45, 2.75) is 23.1 Å².